The second-order valence-corrected chi connectivity index (χ2v) is 9.03. The number of alkyl carbamates (subject to hydrolysis) is 1. The molecule has 0 saturated heterocycles. The predicted molar refractivity (Wildman–Crippen MR) is 91.3 cm³/mol. The molecule has 0 heterocycles. The van der Waals surface area contributed by atoms with E-state index in [-0.39, 0.29) is 24.8 Å². The van der Waals surface area contributed by atoms with E-state index in [1.54, 1.807) is 0 Å². The van der Waals surface area contributed by atoms with Gasteiger partial charge in [-0.2, -0.15) is 0 Å². The van der Waals surface area contributed by atoms with Crippen LogP contribution in [0.5, 0.6) is 0 Å². The van der Waals surface area contributed by atoms with E-state index < -0.39 is 5.60 Å². The van der Waals surface area contributed by atoms with Gasteiger partial charge in [0.2, 0.25) is 0 Å². The number of amides is 1. The zero-order valence-electron chi connectivity index (χ0n) is 15.3. The molecule has 1 spiro atoms. The van der Waals surface area contributed by atoms with Gasteiger partial charge in [-0.05, 0) is 64.2 Å². The predicted octanol–water partition coefficient (Wildman–Crippen LogP) is 2.82. The Kier molecular flexibility index (Phi) is 5.62. The summed E-state index contributed by atoms with van der Waals surface area (Å²) in [5.41, 5.74) is -0.0259. The Bertz CT molecular complexity index is 403. The molecule has 3 N–H and O–H groups in total. The SMILES string of the molecule is CC(C)CC(CO)NC1CC2(CC(NC(=O)OC(C)(C)C)C2)C1. The van der Waals surface area contributed by atoms with E-state index in [0.717, 1.165) is 32.1 Å². The third kappa shape index (κ3) is 5.35. The third-order valence-electron chi connectivity index (χ3n) is 4.89. The van der Waals surface area contributed by atoms with Crippen LogP contribution in [0.25, 0.3) is 0 Å². The Morgan fingerprint density at radius 2 is 1.78 bits per heavy atom. The maximum Gasteiger partial charge on any atom is 0.407 e. The molecular weight excluding hydrogens is 292 g/mol. The first kappa shape index (κ1) is 18.5. The minimum Gasteiger partial charge on any atom is -0.444 e. The molecule has 2 aliphatic carbocycles. The Balaban J connectivity index is 1.64. The Labute approximate surface area is 140 Å². The lowest BCUT2D eigenvalue weighted by Gasteiger charge is -2.58. The second-order valence-electron chi connectivity index (χ2n) is 9.03. The van der Waals surface area contributed by atoms with Crippen LogP contribution in [0.15, 0.2) is 0 Å². The number of rotatable bonds is 6. The Hall–Kier alpha value is -0.810. The molecule has 134 valence electrons. The van der Waals surface area contributed by atoms with Crippen LogP contribution >= 0.6 is 0 Å². The minimum absolute atomic E-state index is 0.213. The quantitative estimate of drug-likeness (QED) is 0.702. The Morgan fingerprint density at radius 1 is 1.22 bits per heavy atom. The number of carbonyl (C=O) groups is 1. The van der Waals surface area contributed by atoms with Crippen molar-refractivity contribution in [3.05, 3.63) is 0 Å². The zero-order chi connectivity index (χ0) is 17.3. The van der Waals surface area contributed by atoms with Crippen molar-refractivity contribution in [2.24, 2.45) is 11.3 Å². The summed E-state index contributed by atoms with van der Waals surface area (Å²) in [6.45, 7) is 10.2. The number of nitrogens with one attached hydrogen (secondary N) is 2. The lowest BCUT2D eigenvalue weighted by molar-refractivity contribution is -0.0379. The number of ether oxygens (including phenoxy) is 1. The van der Waals surface area contributed by atoms with Crippen molar-refractivity contribution in [3.63, 3.8) is 0 Å². The van der Waals surface area contributed by atoms with Gasteiger partial charge in [-0.15, -0.1) is 0 Å². The van der Waals surface area contributed by atoms with Crippen LogP contribution in [0, 0.1) is 11.3 Å². The molecular formula is C18H34N2O3. The summed E-state index contributed by atoms with van der Waals surface area (Å²) in [4.78, 5) is 11.8. The van der Waals surface area contributed by atoms with Gasteiger partial charge in [0.05, 0.1) is 6.61 Å². The van der Waals surface area contributed by atoms with Crippen LogP contribution in [-0.2, 0) is 4.74 Å². The van der Waals surface area contributed by atoms with Gasteiger partial charge in [-0.25, -0.2) is 4.79 Å². The van der Waals surface area contributed by atoms with E-state index in [0.29, 0.717) is 17.4 Å². The van der Waals surface area contributed by atoms with Crippen molar-refractivity contribution >= 4 is 6.09 Å². The smallest absolute Gasteiger partial charge is 0.407 e. The van der Waals surface area contributed by atoms with Crippen molar-refractivity contribution in [2.75, 3.05) is 6.61 Å². The number of aliphatic hydroxyl groups excluding tert-OH is 1. The molecule has 1 atom stereocenters. The molecule has 2 fully saturated rings. The van der Waals surface area contributed by atoms with Gasteiger partial charge in [-0.1, -0.05) is 13.8 Å². The van der Waals surface area contributed by atoms with Crippen LogP contribution < -0.4 is 10.6 Å². The van der Waals surface area contributed by atoms with E-state index in [9.17, 15) is 9.90 Å². The van der Waals surface area contributed by atoms with E-state index in [1.807, 2.05) is 20.8 Å². The van der Waals surface area contributed by atoms with Crippen molar-refractivity contribution < 1.29 is 14.6 Å². The van der Waals surface area contributed by atoms with E-state index >= 15 is 0 Å². The van der Waals surface area contributed by atoms with Crippen LogP contribution in [0.4, 0.5) is 4.79 Å². The van der Waals surface area contributed by atoms with E-state index in [2.05, 4.69) is 24.5 Å². The van der Waals surface area contributed by atoms with Crippen LogP contribution in [0.3, 0.4) is 0 Å². The molecule has 1 unspecified atom stereocenters. The molecule has 0 radical (unpaired) electrons. The molecule has 2 aliphatic rings. The van der Waals surface area contributed by atoms with Gasteiger partial charge >= 0.3 is 6.09 Å². The van der Waals surface area contributed by atoms with Gasteiger partial charge in [0, 0.05) is 18.1 Å². The summed E-state index contributed by atoms with van der Waals surface area (Å²) in [6.07, 6.45) is 5.14. The topological polar surface area (TPSA) is 70.6 Å². The van der Waals surface area contributed by atoms with Crippen molar-refractivity contribution in [2.45, 2.75) is 90.4 Å². The van der Waals surface area contributed by atoms with Gasteiger partial charge in [-0.3, -0.25) is 0 Å². The lowest BCUT2D eigenvalue weighted by Crippen LogP contribution is -2.62. The summed E-state index contributed by atoms with van der Waals surface area (Å²) in [6, 6.07) is 0.997. The molecule has 0 aromatic rings. The number of carbonyl (C=O) groups excluding carboxylic acids is 1. The monoisotopic (exact) mass is 326 g/mol. The molecule has 0 aromatic carbocycles. The molecule has 0 aliphatic heterocycles. The van der Waals surface area contributed by atoms with Gasteiger partial charge < -0.3 is 20.5 Å². The van der Waals surface area contributed by atoms with Gasteiger partial charge in [0.1, 0.15) is 5.60 Å². The van der Waals surface area contributed by atoms with Crippen LogP contribution in [0.1, 0.15) is 66.7 Å². The molecule has 5 nitrogen and oxygen atoms in total. The molecule has 0 aromatic heterocycles. The first-order chi connectivity index (χ1) is 10.6. The molecule has 2 rings (SSSR count). The summed E-state index contributed by atoms with van der Waals surface area (Å²) >= 11 is 0. The molecule has 23 heavy (non-hydrogen) atoms. The van der Waals surface area contributed by atoms with Gasteiger partial charge in [0.25, 0.3) is 0 Å². The Morgan fingerprint density at radius 3 is 2.26 bits per heavy atom. The second kappa shape index (κ2) is 6.98. The standard InChI is InChI=1S/C18H34N2O3/c1-12(2)6-13(11-21)19-14-7-18(8-14)9-15(10-18)20-16(22)23-17(3,4)5/h12-15,19,21H,6-11H2,1-5H3,(H,20,22). The minimum atomic E-state index is -0.438. The van der Waals surface area contributed by atoms with Crippen LogP contribution in [0.2, 0.25) is 0 Å². The average Bonchev–Trinajstić information content (AvgIpc) is 2.29. The number of hydrogen-bond acceptors (Lipinski definition) is 4. The molecule has 5 heteroatoms. The maximum absolute atomic E-state index is 11.8. The highest BCUT2D eigenvalue weighted by Crippen LogP contribution is 2.56. The fraction of sp³-hybridized carbons (Fsp3) is 0.944. The highest BCUT2D eigenvalue weighted by molar-refractivity contribution is 5.68. The highest BCUT2D eigenvalue weighted by atomic mass is 16.6. The van der Waals surface area contributed by atoms with Crippen molar-refractivity contribution in [1.82, 2.24) is 10.6 Å². The molecule has 0 bridgehead atoms. The number of hydrogen-bond donors (Lipinski definition) is 3. The van der Waals surface area contributed by atoms with E-state index in [4.69, 9.17) is 4.74 Å². The molecule has 1 amide bonds. The first-order valence-corrected chi connectivity index (χ1v) is 8.97. The molecule has 2 saturated carbocycles. The van der Waals surface area contributed by atoms with Crippen molar-refractivity contribution in [1.29, 1.82) is 0 Å². The fourth-order valence-corrected chi connectivity index (χ4v) is 4.10. The fourth-order valence-electron chi connectivity index (χ4n) is 4.10. The average molecular weight is 326 g/mol. The van der Waals surface area contributed by atoms with Crippen molar-refractivity contribution in [3.8, 4) is 0 Å². The largest absolute Gasteiger partial charge is 0.444 e. The summed E-state index contributed by atoms with van der Waals surface area (Å²) in [5, 5.41) is 16.0. The highest BCUT2D eigenvalue weighted by Gasteiger charge is 2.53. The van der Waals surface area contributed by atoms with Gasteiger partial charge in [0.15, 0.2) is 0 Å². The zero-order valence-corrected chi connectivity index (χ0v) is 15.3. The maximum atomic E-state index is 11.8. The normalized spacial score (nSPS) is 31.4. The summed E-state index contributed by atoms with van der Waals surface area (Å²) in [5.74, 6) is 0.597. The summed E-state index contributed by atoms with van der Waals surface area (Å²) < 4.78 is 5.30. The lowest BCUT2D eigenvalue weighted by atomic mass is 9.52. The summed E-state index contributed by atoms with van der Waals surface area (Å²) in [7, 11) is 0. The third-order valence-corrected chi connectivity index (χ3v) is 4.89. The van der Waals surface area contributed by atoms with Crippen LogP contribution in [-0.4, -0.2) is 41.5 Å². The first-order valence-electron chi connectivity index (χ1n) is 8.97. The van der Waals surface area contributed by atoms with E-state index in [1.165, 1.54) is 0 Å². The number of aliphatic hydroxyl groups is 1.